The molecule has 1 aromatic carbocycles. The summed E-state index contributed by atoms with van der Waals surface area (Å²) in [4.78, 5) is 14.1. The molecular formula is C15H21NO4S. The van der Waals surface area contributed by atoms with E-state index in [1.54, 1.807) is 24.3 Å². The summed E-state index contributed by atoms with van der Waals surface area (Å²) in [6, 6.07) is 6.67. The SMILES string of the molecule is CC(C)C(=O)N1CCOC(c2ccc(S(C)(=O)=O)cc2)C1. The highest BCUT2D eigenvalue weighted by Crippen LogP contribution is 2.24. The van der Waals surface area contributed by atoms with E-state index < -0.39 is 9.84 Å². The van der Waals surface area contributed by atoms with Crippen LogP contribution in [-0.2, 0) is 19.4 Å². The van der Waals surface area contributed by atoms with Crippen LogP contribution in [0.5, 0.6) is 0 Å². The van der Waals surface area contributed by atoms with E-state index in [1.165, 1.54) is 6.26 Å². The second kappa shape index (κ2) is 6.15. The van der Waals surface area contributed by atoms with Crippen molar-refractivity contribution in [1.82, 2.24) is 4.90 Å². The second-order valence-electron chi connectivity index (χ2n) is 5.64. The fraction of sp³-hybridized carbons (Fsp3) is 0.533. The quantitative estimate of drug-likeness (QED) is 0.851. The predicted molar refractivity (Wildman–Crippen MR) is 79.7 cm³/mol. The highest BCUT2D eigenvalue weighted by molar-refractivity contribution is 7.90. The van der Waals surface area contributed by atoms with Crippen LogP contribution < -0.4 is 0 Å². The number of rotatable bonds is 3. The minimum Gasteiger partial charge on any atom is -0.370 e. The lowest BCUT2D eigenvalue weighted by atomic mass is 10.1. The molecule has 1 unspecified atom stereocenters. The number of amides is 1. The Labute approximate surface area is 125 Å². The van der Waals surface area contributed by atoms with Gasteiger partial charge in [0.1, 0.15) is 6.10 Å². The molecule has 0 spiro atoms. The summed E-state index contributed by atoms with van der Waals surface area (Å²) in [5.41, 5.74) is 0.892. The van der Waals surface area contributed by atoms with Crippen molar-refractivity contribution in [3.63, 3.8) is 0 Å². The Morgan fingerprint density at radius 3 is 2.43 bits per heavy atom. The van der Waals surface area contributed by atoms with Gasteiger partial charge in [0.15, 0.2) is 9.84 Å². The van der Waals surface area contributed by atoms with Crippen LogP contribution in [0.4, 0.5) is 0 Å². The summed E-state index contributed by atoms with van der Waals surface area (Å²) in [6.07, 6.45) is 0.984. The minimum atomic E-state index is -3.19. The van der Waals surface area contributed by atoms with Gasteiger partial charge in [0, 0.05) is 18.7 Å². The first-order valence-corrected chi connectivity index (χ1v) is 8.88. The number of hydrogen-bond acceptors (Lipinski definition) is 4. The molecule has 1 fully saturated rings. The predicted octanol–water partition coefficient (Wildman–Crippen LogP) is 1.65. The molecule has 1 aliphatic rings. The highest BCUT2D eigenvalue weighted by Gasteiger charge is 2.26. The maximum atomic E-state index is 12.1. The fourth-order valence-corrected chi connectivity index (χ4v) is 2.98. The number of ether oxygens (including phenoxy) is 1. The van der Waals surface area contributed by atoms with Crippen LogP contribution in [-0.4, -0.2) is 45.2 Å². The zero-order chi connectivity index (χ0) is 15.6. The first kappa shape index (κ1) is 16.0. The van der Waals surface area contributed by atoms with E-state index in [0.29, 0.717) is 19.7 Å². The van der Waals surface area contributed by atoms with Crippen molar-refractivity contribution in [3.8, 4) is 0 Å². The number of benzene rings is 1. The van der Waals surface area contributed by atoms with Gasteiger partial charge < -0.3 is 9.64 Å². The Kier molecular flexibility index (Phi) is 4.68. The van der Waals surface area contributed by atoms with Crippen molar-refractivity contribution >= 4 is 15.7 Å². The van der Waals surface area contributed by atoms with E-state index in [4.69, 9.17) is 4.74 Å². The fourth-order valence-electron chi connectivity index (χ4n) is 2.35. The Hall–Kier alpha value is -1.40. The molecule has 0 aliphatic carbocycles. The molecule has 0 radical (unpaired) electrons. The van der Waals surface area contributed by atoms with Gasteiger partial charge in [-0.3, -0.25) is 4.79 Å². The molecule has 1 heterocycles. The third-order valence-electron chi connectivity index (χ3n) is 3.55. The smallest absolute Gasteiger partial charge is 0.225 e. The minimum absolute atomic E-state index is 0.0311. The summed E-state index contributed by atoms with van der Waals surface area (Å²) in [7, 11) is -3.19. The topological polar surface area (TPSA) is 63.7 Å². The van der Waals surface area contributed by atoms with Crippen LogP contribution in [0.25, 0.3) is 0 Å². The molecule has 1 aromatic rings. The molecule has 1 atom stereocenters. The largest absolute Gasteiger partial charge is 0.370 e. The van der Waals surface area contributed by atoms with Crippen molar-refractivity contribution in [1.29, 1.82) is 0 Å². The van der Waals surface area contributed by atoms with Crippen LogP contribution in [0, 0.1) is 5.92 Å². The third kappa shape index (κ3) is 3.83. The average Bonchev–Trinajstić information content (AvgIpc) is 2.46. The standard InChI is InChI=1S/C15H21NO4S/c1-11(2)15(17)16-8-9-20-14(10-16)12-4-6-13(7-5-12)21(3,18)19/h4-7,11,14H,8-10H2,1-3H3. The normalized spacial score (nSPS) is 19.8. The Balaban J connectivity index is 2.13. The molecule has 0 bridgehead atoms. The maximum absolute atomic E-state index is 12.1. The molecule has 0 N–H and O–H groups in total. The van der Waals surface area contributed by atoms with E-state index in [2.05, 4.69) is 0 Å². The number of carbonyl (C=O) groups is 1. The van der Waals surface area contributed by atoms with Gasteiger partial charge in [-0.1, -0.05) is 26.0 Å². The second-order valence-corrected chi connectivity index (χ2v) is 7.66. The van der Waals surface area contributed by atoms with Crippen molar-refractivity contribution in [3.05, 3.63) is 29.8 Å². The molecule has 5 nitrogen and oxygen atoms in total. The molecule has 0 saturated carbocycles. The molecule has 1 saturated heterocycles. The lowest BCUT2D eigenvalue weighted by Gasteiger charge is -2.34. The van der Waals surface area contributed by atoms with E-state index in [1.807, 2.05) is 18.7 Å². The number of hydrogen-bond donors (Lipinski definition) is 0. The summed E-state index contributed by atoms with van der Waals surface area (Å²) in [6.45, 7) is 5.38. The first-order chi connectivity index (χ1) is 9.79. The summed E-state index contributed by atoms with van der Waals surface area (Å²) >= 11 is 0. The van der Waals surface area contributed by atoms with Crippen molar-refractivity contribution in [2.45, 2.75) is 24.8 Å². The molecule has 1 amide bonds. The van der Waals surface area contributed by atoms with Gasteiger partial charge >= 0.3 is 0 Å². The summed E-state index contributed by atoms with van der Waals surface area (Å²) < 4.78 is 28.6. The third-order valence-corrected chi connectivity index (χ3v) is 4.68. The van der Waals surface area contributed by atoms with Crippen LogP contribution in [0.1, 0.15) is 25.5 Å². The number of sulfone groups is 1. The van der Waals surface area contributed by atoms with Crippen LogP contribution in [0.2, 0.25) is 0 Å². The Morgan fingerprint density at radius 1 is 1.29 bits per heavy atom. The molecule has 2 rings (SSSR count). The molecule has 1 aliphatic heterocycles. The molecular weight excluding hydrogens is 290 g/mol. The maximum Gasteiger partial charge on any atom is 0.225 e. The lowest BCUT2D eigenvalue weighted by molar-refractivity contribution is -0.142. The van der Waals surface area contributed by atoms with E-state index in [-0.39, 0.29) is 22.8 Å². The average molecular weight is 311 g/mol. The molecule has 116 valence electrons. The number of morpholine rings is 1. The molecule has 6 heteroatoms. The van der Waals surface area contributed by atoms with Crippen LogP contribution in [0.15, 0.2) is 29.2 Å². The van der Waals surface area contributed by atoms with Gasteiger partial charge in [-0.25, -0.2) is 8.42 Å². The molecule has 21 heavy (non-hydrogen) atoms. The number of nitrogens with zero attached hydrogens (tertiary/aromatic N) is 1. The summed E-state index contributed by atoms with van der Waals surface area (Å²) in [5, 5.41) is 0. The number of carbonyl (C=O) groups excluding carboxylic acids is 1. The zero-order valence-corrected chi connectivity index (χ0v) is 13.4. The summed E-state index contributed by atoms with van der Waals surface area (Å²) in [5.74, 6) is 0.0902. The zero-order valence-electron chi connectivity index (χ0n) is 12.6. The van der Waals surface area contributed by atoms with Crippen molar-refractivity contribution < 1.29 is 17.9 Å². The van der Waals surface area contributed by atoms with Crippen molar-refractivity contribution in [2.75, 3.05) is 26.0 Å². The van der Waals surface area contributed by atoms with Crippen molar-refractivity contribution in [2.24, 2.45) is 5.92 Å². The monoisotopic (exact) mass is 311 g/mol. The Morgan fingerprint density at radius 2 is 1.90 bits per heavy atom. The van der Waals surface area contributed by atoms with Gasteiger partial charge in [0.2, 0.25) is 5.91 Å². The lowest BCUT2D eigenvalue weighted by Crippen LogP contribution is -2.44. The highest BCUT2D eigenvalue weighted by atomic mass is 32.2. The first-order valence-electron chi connectivity index (χ1n) is 6.99. The van der Waals surface area contributed by atoms with Gasteiger partial charge in [-0.15, -0.1) is 0 Å². The van der Waals surface area contributed by atoms with E-state index >= 15 is 0 Å². The van der Waals surface area contributed by atoms with Crippen LogP contribution >= 0.6 is 0 Å². The van der Waals surface area contributed by atoms with Gasteiger partial charge in [-0.2, -0.15) is 0 Å². The van der Waals surface area contributed by atoms with E-state index in [0.717, 1.165) is 5.56 Å². The Bertz CT molecular complexity index is 607. The van der Waals surface area contributed by atoms with Gasteiger partial charge in [0.25, 0.3) is 0 Å². The van der Waals surface area contributed by atoms with Gasteiger partial charge in [0.05, 0.1) is 18.0 Å². The molecule has 0 aromatic heterocycles. The van der Waals surface area contributed by atoms with Crippen LogP contribution in [0.3, 0.4) is 0 Å². The van der Waals surface area contributed by atoms with Gasteiger partial charge in [-0.05, 0) is 17.7 Å². The van der Waals surface area contributed by atoms with E-state index in [9.17, 15) is 13.2 Å².